The van der Waals surface area contributed by atoms with Crippen molar-refractivity contribution in [1.82, 2.24) is 9.80 Å². The smallest absolute Gasteiger partial charge is 0.336 e. The maximum absolute atomic E-state index is 13.1. The van der Waals surface area contributed by atoms with E-state index in [1.165, 1.54) is 0 Å². The number of carbonyl (C=O) groups is 1. The topological polar surface area (TPSA) is 49.6 Å². The molecule has 0 unspecified atom stereocenters. The molecule has 1 heterocycles. The second kappa shape index (κ2) is 8.53. The molecule has 0 bridgehead atoms. The van der Waals surface area contributed by atoms with E-state index in [1.54, 1.807) is 0 Å². The van der Waals surface area contributed by atoms with E-state index in [1.807, 2.05) is 0 Å². The number of alkyl halides is 4. The van der Waals surface area contributed by atoms with Crippen LogP contribution in [0.5, 0.6) is 0 Å². The van der Waals surface area contributed by atoms with Gasteiger partial charge in [0.05, 0.1) is 0 Å². The van der Waals surface area contributed by atoms with E-state index in [0.29, 0.717) is 26.1 Å². The molecule has 21 heavy (non-hydrogen) atoms. The molecule has 0 aromatic heterocycles. The van der Waals surface area contributed by atoms with Gasteiger partial charge in [0, 0.05) is 19.6 Å². The van der Waals surface area contributed by atoms with E-state index in [-0.39, 0.29) is 13.1 Å². The van der Waals surface area contributed by atoms with Crippen molar-refractivity contribution < 1.29 is 22.4 Å². The normalized spacial score (nSPS) is 18.1. The fourth-order valence-electron chi connectivity index (χ4n) is 2.36. The van der Waals surface area contributed by atoms with Gasteiger partial charge in [-0.15, -0.1) is 0 Å². The van der Waals surface area contributed by atoms with Crippen LogP contribution in [0, 0.1) is 0 Å². The molecule has 0 radical (unpaired) electrons. The van der Waals surface area contributed by atoms with Crippen molar-refractivity contribution in [1.29, 1.82) is 0 Å². The molecule has 4 nitrogen and oxygen atoms in total. The van der Waals surface area contributed by atoms with Crippen LogP contribution in [0.25, 0.3) is 0 Å². The summed E-state index contributed by atoms with van der Waals surface area (Å²) in [6, 6.07) is 0. The average molecular weight is 313 g/mol. The Hall–Kier alpha value is -0.890. The number of hydrogen-bond acceptors (Lipinski definition) is 3. The van der Waals surface area contributed by atoms with Gasteiger partial charge in [0.1, 0.15) is 0 Å². The van der Waals surface area contributed by atoms with E-state index in [0.717, 1.165) is 30.7 Å². The monoisotopic (exact) mass is 313 g/mol. The summed E-state index contributed by atoms with van der Waals surface area (Å²) in [6.07, 6.45) is -0.543. The molecule has 0 aromatic rings. The van der Waals surface area contributed by atoms with Gasteiger partial charge in [-0.1, -0.05) is 6.42 Å². The first kappa shape index (κ1) is 18.2. The molecule has 1 fully saturated rings. The third-order valence-electron chi connectivity index (χ3n) is 3.61. The largest absolute Gasteiger partial charge is 0.383 e. The number of amides is 1. The minimum atomic E-state index is -4.59. The number of carbonyl (C=O) groups excluding carboxylic acids is 1. The summed E-state index contributed by atoms with van der Waals surface area (Å²) in [7, 11) is 0. The third kappa shape index (κ3) is 5.43. The van der Waals surface area contributed by atoms with Crippen LogP contribution in [0.2, 0.25) is 0 Å². The van der Waals surface area contributed by atoms with E-state index >= 15 is 0 Å². The Bertz CT molecular complexity index is 329. The van der Waals surface area contributed by atoms with Crippen molar-refractivity contribution in [3.63, 3.8) is 0 Å². The lowest BCUT2D eigenvalue weighted by atomic mass is 10.2. The molecule has 0 saturated carbocycles. The molecule has 8 heteroatoms. The molecular weight excluding hydrogens is 290 g/mol. The molecule has 1 amide bonds. The van der Waals surface area contributed by atoms with Crippen LogP contribution in [0.3, 0.4) is 0 Å². The van der Waals surface area contributed by atoms with Crippen LogP contribution in [-0.2, 0) is 4.79 Å². The minimum absolute atomic E-state index is 0.0675. The van der Waals surface area contributed by atoms with Crippen molar-refractivity contribution >= 4 is 5.91 Å². The highest BCUT2D eigenvalue weighted by atomic mass is 19.3. The summed E-state index contributed by atoms with van der Waals surface area (Å²) >= 11 is 0. The zero-order chi connectivity index (χ0) is 15.9. The zero-order valence-corrected chi connectivity index (χ0v) is 12.0. The number of unbranched alkanes of at least 4 members (excludes halogenated alkanes) is 2. The first-order valence-corrected chi connectivity index (χ1v) is 7.27. The second-order valence-corrected chi connectivity index (χ2v) is 5.26. The van der Waals surface area contributed by atoms with Gasteiger partial charge in [-0.2, -0.15) is 8.78 Å². The van der Waals surface area contributed by atoms with E-state index in [2.05, 4.69) is 4.90 Å². The zero-order valence-electron chi connectivity index (χ0n) is 12.0. The van der Waals surface area contributed by atoms with Gasteiger partial charge in [-0.25, -0.2) is 8.78 Å². The van der Waals surface area contributed by atoms with Gasteiger partial charge in [0.15, 0.2) is 0 Å². The van der Waals surface area contributed by atoms with E-state index in [9.17, 15) is 22.4 Å². The number of hydrogen-bond donors (Lipinski definition) is 1. The van der Waals surface area contributed by atoms with Gasteiger partial charge in [0.2, 0.25) is 0 Å². The van der Waals surface area contributed by atoms with Gasteiger partial charge < -0.3 is 15.5 Å². The molecule has 124 valence electrons. The van der Waals surface area contributed by atoms with Crippen LogP contribution < -0.4 is 5.73 Å². The molecule has 1 aliphatic rings. The summed E-state index contributed by atoms with van der Waals surface area (Å²) in [5.41, 5.74) is 5.40. The SMILES string of the molecule is NCCCCCN1CCCN(C(=O)C(F)(F)C(F)F)CC1. The van der Waals surface area contributed by atoms with Crippen molar-refractivity contribution in [3.8, 4) is 0 Å². The highest BCUT2D eigenvalue weighted by Gasteiger charge is 2.51. The Morgan fingerprint density at radius 1 is 1.10 bits per heavy atom. The molecule has 0 atom stereocenters. The number of rotatable bonds is 7. The van der Waals surface area contributed by atoms with Crippen molar-refractivity contribution in [2.24, 2.45) is 5.73 Å². The number of nitrogens with two attached hydrogens (primary N) is 1. The molecule has 2 N–H and O–H groups in total. The van der Waals surface area contributed by atoms with Gasteiger partial charge in [-0.3, -0.25) is 4.79 Å². The van der Waals surface area contributed by atoms with Crippen LogP contribution in [0.1, 0.15) is 25.7 Å². The molecular formula is C13H23F4N3O. The van der Waals surface area contributed by atoms with Gasteiger partial charge in [0.25, 0.3) is 5.91 Å². The first-order chi connectivity index (χ1) is 9.89. The van der Waals surface area contributed by atoms with Crippen LogP contribution in [-0.4, -0.2) is 67.3 Å². The summed E-state index contributed by atoms with van der Waals surface area (Å²) in [5.74, 6) is -6.35. The second-order valence-electron chi connectivity index (χ2n) is 5.26. The van der Waals surface area contributed by atoms with Crippen LogP contribution in [0.4, 0.5) is 17.6 Å². The highest BCUT2D eigenvalue weighted by Crippen LogP contribution is 2.26. The van der Waals surface area contributed by atoms with Gasteiger partial charge in [-0.05, 0) is 38.9 Å². The Kier molecular flexibility index (Phi) is 7.37. The molecule has 0 aliphatic carbocycles. The van der Waals surface area contributed by atoms with Crippen LogP contribution in [0.15, 0.2) is 0 Å². The minimum Gasteiger partial charge on any atom is -0.336 e. The lowest BCUT2D eigenvalue weighted by Crippen LogP contribution is -2.48. The van der Waals surface area contributed by atoms with Crippen molar-refractivity contribution in [2.75, 3.05) is 39.3 Å². The highest BCUT2D eigenvalue weighted by molar-refractivity contribution is 5.84. The maximum Gasteiger partial charge on any atom is 0.383 e. The van der Waals surface area contributed by atoms with Crippen molar-refractivity contribution in [2.45, 2.75) is 38.0 Å². The molecule has 0 aromatic carbocycles. The Morgan fingerprint density at radius 3 is 2.43 bits per heavy atom. The Labute approximate surface area is 122 Å². The predicted molar refractivity (Wildman–Crippen MR) is 71.5 cm³/mol. The maximum atomic E-state index is 13.1. The first-order valence-electron chi connectivity index (χ1n) is 7.27. The fourth-order valence-corrected chi connectivity index (χ4v) is 2.36. The standard InChI is InChI=1S/C13H23F4N3O/c14-11(15)13(16,17)12(21)20-8-4-7-19(9-10-20)6-3-1-2-5-18/h11H,1-10,18H2. The van der Waals surface area contributed by atoms with Gasteiger partial charge >= 0.3 is 12.3 Å². The van der Waals surface area contributed by atoms with Crippen LogP contribution >= 0.6 is 0 Å². The predicted octanol–water partition coefficient (Wildman–Crippen LogP) is 1.55. The summed E-state index contributed by atoms with van der Waals surface area (Å²) in [6.45, 7) is 2.75. The summed E-state index contributed by atoms with van der Waals surface area (Å²) in [5, 5.41) is 0. The summed E-state index contributed by atoms with van der Waals surface area (Å²) < 4.78 is 50.6. The molecule has 0 spiro atoms. The lowest BCUT2D eigenvalue weighted by Gasteiger charge is -2.25. The molecule has 1 saturated heterocycles. The molecule has 1 rings (SSSR count). The quantitative estimate of drug-likeness (QED) is 0.573. The Balaban J connectivity index is 2.43. The fraction of sp³-hybridized carbons (Fsp3) is 0.923. The van der Waals surface area contributed by atoms with E-state index in [4.69, 9.17) is 5.73 Å². The average Bonchev–Trinajstić information content (AvgIpc) is 2.68. The lowest BCUT2D eigenvalue weighted by molar-refractivity contribution is -0.180. The number of nitrogens with zero attached hydrogens (tertiary/aromatic N) is 2. The third-order valence-corrected chi connectivity index (χ3v) is 3.61. The van der Waals surface area contributed by atoms with Crippen molar-refractivity contribution in [3.05, 3.63) is 0 Å². The Morgan fingerprint density at radius 2 is 1.81 bits per heavy atom. The summed E-state index contributed by atoms with van der Waals surface area (Å²) in [4.78, 5) is 14.4. The van der Waals surface area contributed by atoms with E-state index < -0.39 is 18.3 Å². The number of halogens is 4. The molecule has 1 aliphatic heterocycles.